The topological polar surface area (TPSA) is 156 Å². The van der Waals surface area contributed by atoms with Crippen LogP contribution in [0.15, 0.2) is 66.4 Å². The molecule has 0 aliphatic heterocycles. The Kier molecular flexibility index (Phi) is 8.08. The van der Waals surface area contributed by atoms with Crippen LogP contribution in [0.2, 0.25) is 0 Å². The molecule has 10 nitrogen and oxygen atoms in total. The van der Waals surface area contributed by atoms with Gasteiger partial charge in [0.25, 0.3) is 11.1 Å². The molecule has 0 radical (unpaired) electrons. The Morgan fingerprint density at radius 3 is 1.20 bits per heavy atom. The minimum atomic E-state index is -0.566. The summed E-state index contributed by atoms with van der Waals surface area (Å²) in [4.78, 5) is 30.1. The van der Waals surface area contributed by atoms with E-state index in [1.54, 1.807) is 13.8 Å². The van der Waals surface area contributed by atoms with Crippen molar-refractivity contribution in [1.82, 2.24) is 9.97 Å². The molecule has 0 bridgehead atoms. The molecule has 10 heteroatoms. The summed E-state index contributed by atoms with van der Waals surface area (Å²) >= 11 is 0. The number of pyridine rings is 2. The maximum Gasteiger partial charge on any atom is 0.278 e. The van der Waals surface area contributed by atoms with E-state index in [9.17, 15) is 19.8 Å². The molecule has 40 heavy (non-hydrogen) atoms. The van der Waals surface area contributed by atoms with E-state index in [0.717, 1.165) is 22.3 Å². The molecule has 0 aliphatic rings. The number of aromatic nitrogens is 2. The highest BCUT2D eigenvalue weighted by Gasteiger charge is 2.18. The third kappa shape index (κ3) is 6.23. The van der Waals surface area contributed by atoms with Gasteiger partial charge in [-0.3, -0.25) is 19.6 Å². The molecule has 0 saturated heterocycles. The van der Waals surface area contributed by atoms with E-state index in [4.69, 9.17) is 0 Å². The minimum absolute atomic E-state index is 0.0808. The summed E-state index contributed by atoms with van der Waals surface area (Å²) in [6.45, 7) is 11.2. The maximum atomic E-state index is 12.6. The van der Waals surface area contributed by atoms with Crippen LogP contribution < -0.4 is 11.1 Å². The van der Waals surface area contributed by atoms with Gasteiger partial charge in [0.1, 0.15) is 0 Å². The molecule has 2 aromatic carbocycles. The van der Waals surface area contributed by atoms with Crippen LogP contribution in [-0.4, -0.2) is 20.2 Å². The summed E-state index contributed by atoms with van der Waals surface area (Å²) in [5, 5.41) is 37.9. The number of H-pyrrole nitrogens is 2. The molecular formula is C30H32N6O4. The zero-order chi connectivity index (χ0) is 29.1. The van der Waals surface area contributed by atoms with Crippen molar-refractivity contribution >= 4 is 22.7 Å². The lowest BCUT2D eigenvalue weighted by atomic mass is 9.98. The molecule has 4 N–H and O–H groups in total. The van der Waals surface area contributed by atoms with Gasteiger partial charge in [0.15, 0.2) is 23.1 Å². The van der Waals surface area contributed by atoms with Gasteiger partial charge >= 0.3 is 0 Å². The van der Waals surface area contributed by atoms with Crippen LogP contribution in [0.3, 0.4) is 0 Å². The van der Waals surface area contributed by atoms with Gasteiger partial charge in [0.05, 0.1) is 11.4 Å². The standard InChI is InChI=1S/C30H32N6O4/c1-15-9-16(2)12-21(11-15)33-35-25-19(5)23(27(37)31-29(25)39)7-8-24-20(6)26(30(40)32-28(24)38)36-34-22-13-17(3)10-18(4)14-22/h9-14H,7-8H2,1-6H3,(H2,31,37,39)(H2,32,38,40). The molecule has 0 amide bonds. The van der Waals surface area contributed by atoms with Crippen molar-refractivity contribution in [2.24, 2.45) is 20.5 Å². The highest BCUT2D eigenvalue weighted by molar-refractivity contribution is 5.54. The molecule has 4 rings (SSSR count). The Balaban J connectivity index is 1.65. The molecule has 4 aromatic rings. The van der Waals surface area contributed by atoms with Crippen molar-refractivity contribution in [3.05, 3.63) is 102 Å². The molecule has 0 unspecified atom stereocenters. The van der Waals surface area contributed by atoms with Gasteiger partial charge in [-0.1, -0.05) is 12.1 Å². The third-order valence-corrected chi connectivity index (χ3v) is 6.65. The van der Waals surface area contributed by atoms with Gasteiger partial charge in [-0.15, -0.1) is 10.2 Å². The quantitative estimate of drug-likeness (QED) is 0.187. The number of aromatic hydroxyl groups is 2. The molecule has 0 aliphatic carbocycles. The number of aromatic amines is 2. The van der Waals surface area contributed by atoms with Crippen LogP contribution in [0.4, 0.5) is 22.7 Å². The first-order valence-corrected chi connectivity index (χ1v) is 12.8. The van der Waals surface area contributed by atoms with Crippen molar-refractivity contribution in [2.75, 3.05) is 0 Å². The predicted octanol–water partition coefficient (Wildman–Crippen LogP) is 6.94. The van der Waals surface area contributed by atoms with E-state index in [-0.39, 0.29) is 36.0 Å². The van der Waals surface area contributed by atoms with Crippen molar-refractivity contribution in [3.8, 4) is 11.8 Å². The van der Waals surface area contributed by atoms with Crippen LogP contribution >= 0.6 is 0 Å². The number of hydrogen-bond donors (Lipinski definition) is 4. The predicted molar refractivity (Wildman–Crippen MR) is 155 cm³/mol. The third-order valence-electron chi connectivity index (χ3n) is 6.65. The number of aryl methyl sites for hydroxylation is 4. The highest BCUT2D eigenvalue weighted by atomic mass is 16.3. The Morgan fingerprint density at radius 1 is 0.550 bits per heavy atom. The Bertz CT molecular complexity index is 1610. The highest BCUT2D eigenvalue weighted by Crippen LogP contribution is 2.31. The summed E-state index contributed by atoms with van der Waals surface area (Å²) in [7, 11) is 0. The summed E-state index contributed by atoms with van der Waals surface area (Å²) in [5.74, 6) is -0.576. The molecule has 0 atom stereocenters. The van der Waals surface area contributed by atoms with E-state index >= 15 is 0 Å². The van der Waals surface area contributed by atoms with Crippen molar-refractivity contribution < 1.29 is 10.2 Å². The van der Waals surface area contributed by atoms with E-state index in [1.807, 2.05) is 64.1 Å². The Labute approximate surface area is 231 Å². The molecule has 2 aromatic heterocycles. The summed E-state index contributed by atoms with van der Waals surface area (Å²) in [6, 6.07) is 11.5. The Morgan fingerprint density at radius 2 is 0.875 bits per heavy atom. The van der Waals surface area contributed by atoms with Gasteiger partial charge in [-0.25, -0.2) is 0 Å². The average molecular weight is 541 g/mol. The van der Waals surface area contributed by atoms with E-state index in [2.05, 4.69) is 30.4 Å². The zero-order valence-corrected chi connectivity index (χ0v) is 23.4. The van der Waals surface area contributed by atoms with Gasteiger partial charge in [-0.05, 0) is 112 Å². The molecule has 0 saturated carbocycles. The molecule has 0 spiro atoms. The van der Waals surface area contributed by atoms with Crippen molar-refractivity contribution in [2.45, 2.75) is 54.4 Å². The lowest BCUT2D eigenvalue weighted by Crippen LogP contribution is -2.12. The number of hydrogen-bond acceptors (Lipinski definition) is 8. The fourth-order valence-corrected chi connectivity index (χ4v) is 4.80. The number of azo groups is 2. The van der Waals surface area contributed by atoms with E-state index < -0.39 is 11.1 Å². The summed E-state index contributed by atoms with van der Waals surface area (Å²) in [6.07, 6.45) is 0.462. The molecule has 206 valence electrons. The smallest absolute Gasteiger partial charge is 0.278 e. The molecule has 2 heterocycles. The van der Waals surface area contributed by atoms with Crippen LogP contribution in [-0.2, 0) is 12.8 Å². The first-order chi connectivity index (χ1) is 18.9. The van der Waals surface area contributed by atoms with Gasteiger partial charge < -0.3 is 10.2 Å². The molecule has 0 fully saturated rings. The van der Waals surface area contributed by atoms with Crippen LogP contribution in [0, 0.1) is 41.5 Å². The Hall–Kier alpha value is -4.86. The summed E-state index contributed by atoms with van der Waals surface area (Å²) in [5.41, 5.74) is 6.16. The lowest BCUT2D eigenvalue weighted by Gasteiger charge is -2.13. The second kappa shape index (κ2) is 11.5. The zero-order valence-electron chi connectivity index (χ0n) is 23.4. The second-order valence-corrected chi connectivity index (χ2v) is 10.1. The van der Waals surface area contributed by atoms with E-state index in [1.165, 1.54) is 0 Å². The second-order valence-electron chi connectivity index (χ2n) is 10.1. The first-order valence-electron chi connectivity index (χ1n) is 12.8. The first kappa shape index (κ1) is 28.2. The summed E-state index contributed by atoms with van der Waals surface area (Å²) < 4.78 is 0. The fourth-order valence-electron chi connectivity index (χ4n) is 4.80. The number of nitrogens with zero attached hydrogens (tertiary/aromatic N) is 4. The van der Waals surface area contributed by atoms with Crippen LogP contribution in [0.5, 0.6) is 11.8 Å². The van der Waals surface area contributed by atoms with Crippen molar-refractivity contribution in [1.29, 1.82) is 0 Å². The van der Waals surface area contributed by atoms with E-state index in [0.29, 0.717) is 33.6 Å². The largest absolute Gasteiger partial charge is 0.494 e. The number of benzene rings is 2. The SMILES string of the molecule is Cc1cc(C)cc(N=Nc2c(C)c(CCc3c(O)[nH]c(=O)c(N=Nc4cc(C)cc(C)c4)c3C)c(O)[nH]c2=O)c1. The van der Waals surface area contributed by atoms with Crippen LogP contribution in [0.1, 0.15) is 44.5 Å². The average Bonchev–Trinajstić information content (AvgIpc) is 2.84. The fraction of sp³-hybridized carbons (Fsp3) is 0.267. The van der Waals surface area contributed by atoms with Gasteiger partial charge in [0.2, 0.25) is 0 Å². The minimum Gasteiger partial charge on any atom is -0.494 e. The number of nitrogens with one attached hydrogen (secondary N) is 2. The number of rotatable bonds is 7. The maximum absolute atomic E-state index is 12.6. The van der Waals surface area contributed by atoms with Crippen molar-refractivity contribution in [3.63, 3.8) is 0 Å². The van der Waals surface area contributed by atoms with Gasteiger partial charge in [0, 0.05) is 11.1 Å². The van der Waals surface area contributed by atoms with Crippen LogP contribution in [0.25, 0.3) is 0 Å². The normalized spacial score (nSPS) is 11.7. The molecular weight excluding hydrogens is 508 g/mol. The monoisotopic (exact) mass is 540 g/mol. The lowest BCUT2D eigenvalue weighted by molar-refractivity contribution is 0.437. The van der Waals surface area contributed by atoms with Gasteiger partial charge in [-0.2, -0.15) is 10.2 Å².